The van der Waals surface area contributed by atoms with E-state index < -0.39 is 0 Å². The van der Waals surface area contributed by atoms with Gasteiger partial charge in [0.15, 0.2) is 5.13 Å². The summed E-state index contributed by atoms with van der Waals surface area (Å²) >= 11 is 14.8. The third-order valence-corrected chi connectivity index (χ3v) is 5.27. The van der Waals surface area contributed by atoms with Gasteiger partial charge in [-0.25, -0.2) is 4.98 Å². The van der Waals surface area contributed by atoms with E-state index in [1.807, 2.05) is 22.9 Å². The zero-order valence-corrected chi connectivity index (χ0v) is 14.8. The van der Waals surface area contributed by atoms with E-state index in [0.29, 0.717) is 15.2 Å². The fraction of sp³-hybridized carbons (Fsp3) is 0. The Morgan fingerprint density at radius 1 is 1.17 bits per heavy atom. The number of nitrogens with one attached hydrogen (secondary N) is 1. The standard InChI is InChI=1S/C16H10Cl2N2OS2/c17-11-5-3-10(8-12(11)18)4-6-15(21)20-16-19-13(9-23-16)14-2-1-7-22-14/h1-9H,(H,19,20,21)/b6-4+. The van der Waals surface area contributed by atoms with Crippen LogP contribution in [-0.2, 0) is 4.79 Å². The fourth-order valence-corrected chi connectivity index (χ4v) is 3.58. The SMILES string of the molecule is O=C(/C=C/c1ccc(Cl)c(Cl)c1)Nc1nc(-c2cccs2)cs1. The van der Waals surface area contributed by atoms with Gasteiger partial charge in [0.25, 0.3) is 0 Å². The van der Waals surface area contributed by atoms with Crippen LogP contribution in [-0.4, -0.2) is 10.9 Å². The number of carbonyl (C=O) groups excluding carboxylic acids is 1. The number of thiophene rings is 1. The Hall–Kier alpha value is -1.66. The summed E-state index contributed by atoms with van der Waals surface area (Å²) in [6.45, 7) is 0. The second-order valence-electron chi connectivity index (χ2n) is 4.51. The lowest BCUT2D eigenvalue weighted by molar-refractivity contribution is -0.111. The molecule has 0 bridgehead atoms. The molecule has 116 valence electrons. The molecule has 1 amide bonds. The largest absolute Gasteiger partial charge is 0.298 e. The molecule has 0 radical (unpaired) electrons. The van der Waals surface area contributed by atoms with Crippen molar-refractivity contribution in [2.45, 2.75) is 0 Å². The molecule has 3 nitrogen and oxygen atoms in total. The Balaban J connectivity index is 1.65. The van der Waals surface area contributed by atoms with E-state index in [-0.39, 0.29) is 5.91 Å². The van der Waals surface area contributed by atoms with Crippen molar-refractivity contribution in [3.05, 3.63) is 62.8 Å². The van der Waals surface area contributed by atoms with E-state index >= 15 is 0 Å². The molecule has 0 saturated heterocycles. The van der Waals surface area contributed by atoms with Crippen molar-refractivity contribution >= 4 is 63.0 Å². The Bertz CT molecular complexity index is 857. The van der Waals surface area contributed by atoms with Crippen molar-refractivity contribution < 1.29 is 4.79 Å². The first-order valence-corrected chi connectivity index (χ1v) is 9.07. The molecule has 23 heavy (non-hydrogen) atoms. The summed E-state index contributed by atoms with van der Waals surface area (Å²) in [6.07, 6.45) is 3.11. The number of thiazole rings is 1. The van der Waals surface area contributed by atoms with E-state index in [0.717, 1.165) is 16.1 Å². The van der Waals surface area contributed by atoms with Crippen LogP contribution in [0.15, 0.2) is 47.2 Å². The average Bonchev–Trinajstić information content (AvgIpc) is 3.19. The Morgan fingerprint density at radius 2 is 2.04 bits per heavy atom. The Morgan fingerprint density at radius 3 is 2.78 bits per heavy atom. The molecule has 3 rings (SSSR count). The number of hydrogen-bond donors (Lipinski definition) is 1. The van der Waals surface area contributed by atoms with Crippen LogP contribution in [0.1, 0.15) is 5.56 Å². The first-order valence-electron chi connectivity index (χ1n) is 6.55. The minimum atomic E-state index is -0.247. The number of nitrogens with zero attached hydrogens (tertiary/aromatic N) is 1. The molecule has 3 aromatic rings. The van der Waals surface area contributed by atoms with Crippen LogP contribution < -0.4 is 5.32 Å². The molecule has 0 saturated carbocycles. The Labute approximate surface area is 151 Å². The molecule has 1 N–H and O–H groups in total. The van der Waals surface area contributed by atoms with Crippen molar-refractivity contribution in [3.63, 3.8) is 0 Å². The van der Waals surface area contributed by atoms with E-state index in [2.05, 4.69) is 10.3 Å². The maximum absolute atomic E-state index is 11.9. The lowest BCUT2D eigenvalue weighted by Gasteiger charge is -1.98. The monoisotopic (exact) mass is 380 g/mol. The fourth-order valence-electron chi connectivity index (χ4n) is 1.80. The summed E-state index contributed by atoms with van der Waals surface area (Å²) in [7, 11) is 0. The molecule has 0 aliphatic heterocycles. The van der Waals surface area contributed by atoms with Gasteiger partial charge in [0, 0.05) is 11.5 Å². The van der Waals surface area contributed by atoms with Crippen LogP contribution in [0, 0.1) is 0 Å². The van der Waals surface area contributed by atoms with Crippen molar-refractivity contribution in [2.75, 3.05) is 5.32 Å². The van der Waals surface area contributed by atoms with E-state index in [1.165, 1.54) is 17.4 Å². The van der Waals surface area contributed by atoms with Crippen LogP contribution in [0.3, 0.4) is 0 Å². The highest BCUT2D eigenvalue weighted by Gasteiger charge is 2.07. The summed E-state index contributed by atoms with van der Waals surface area (Å²) in [5.41, 5.74) is 1.67. The van der Waals surface area contributed by atoms with Gasteiger partial charge in [-0.05, 0) is 35.2 Å². The van der Waals surface area contributed by atoms with Crippen molar-refractivity contribution in [2.24, 2.45) is 0 Å². The third-order valence-electron chi connectivity index (χ3n) is 2.88. The van der Waals surface area contributed by atoms with E-state index in [4.69, 9.17) is 23.2 Å². The number of halogens is 2. The predicted molar refractivity (Wildman–Crippen MR) is 99.6 cm³/mol. The van der Waals surface area contributed by atoms with Gasteiger partial charge in [-0.3, -0.25) is 10.1 Å². The van der Waals surface area contributed by atoms with Crippen molar-refractivity contribution in [1.29, 1.82) is 0 Å². The molecule has 0 aliphatic carbocycles. The average molecular weight is 381 g/mol. The molecule has 2 heterocycles. The highest BCUT2D eigenvalue weighted by atomic mass is 35.5. The molecule has 0 unspecified atom stereocenters. The number of carbonyl (C=O) groups is 1. The minimum Gasteiger partial charge on any atom is -0.298 e. The minimum absolute atomic E-state index is 0.247. The number of benzene rings is 1. The summed E-state index contributed by atoms with van der Waals surface area (Å²) in [5.74, 6) is -0.247. The number of amides is 1. The molecular formula is C16H10Cl2N2OS2. The zero-order valence-electron chi connectivity index (χ0n) is 11.6. The van der Waals surface area contributed by atoms with Crippen molar-refractivity contribution in [3.8, 4) is 10.6 Å². The predicted octanol–water partition coefficient (Wildman–Crippen LogP) is 5.83. The zero-order chi connectivity index (χ0) is 16.2. The highest BCUT2D eigenvalue weighted by Crippen LogP contribution is 2.28. The maximum Gasteiger partial charge on any atom is 0.250 e. The quantitative estimate of drug-likeness (QED) is 0.578. The van der Waals surface area contributed by atoms with Crippen LogP contribution in [0.5, 0.6) is 0 Å². The summed E-state index contributed by atoms with van der Waals surface area (Å²) in [4.78, 5) is 17.4. The van der Waals surface area contributed by atoms with Gasteiger partial charge in [-0.2, -0.15) is 0 Å². The second kappa shape index (κ2) is 7.27. The number of hydrogen-bond acceptors (Lipinski definition) is 4. The lowest BCUT2D eigenvalue weighted by Crippen LogP contribution is -2.07. The first-order chi connectivity index (χ1) is 11.1. The van der Waals surface area contributed by atoms with Gasteiger partial charge in [0.2, 0.25) is 5.91 Å². The molecule has 0 atom stereocenters. The van der Waals surface area contributed by atoms with Gasteiger partial charge in [0.05, 0.1) is 20.6 Å². The van der Waals surface area contributed by atoms with Gasteiger partial charge in [0.1, 0.15) is 0 Å². The topological polar surface area (TPSA) is 42.0 Å². The second-order valence-corrected chi connectivity index (χ2v) is 7.13. The number of anilines is 1. The van der Waals surface area contributed by atoms with Crippen LogP contribution in [0.25, 0.3) is 16.6 Å². The lowest BCUT2D eigenvalue weighted by atomic mass is 10.2. The maximum atomic E-state index is 11.9. The molecule has 0 fully saturated rings. The molecular weight excluding hydrogens is 371 g/mol. The smallest absolute Gasteiger partial charge is 0.250 e. The Kier molecular flexibility index (Phi) is 5.13. The van der Waals surface area contributed by atoms with Gasteiger partial charge in [-0.15, -0.1) is 22.7 Å². The number of rotatable bonds is 4. The van der Waals surface area contributed by atoms with Crippen LogP contribution in [0.2, 0.25) is 10.0 Å². The van der Waals surface area contributed by atoms with Gasteiger partial charge >= 0.3 is 0 Å². The van der Waals surface area contributed by atoms with Crippen LogP contribution >= 0.6 is 45.9 Å². The summed E-state index contributed by atoms with van der Waals surface area (Å²) < 4.78 is 0. The normalized spacial score (nSPS) is 11.0. The van der Waals surface area contributed by atoms with Crippen molar-refractivity contribution in [1.82, 2.24) is 4.98 Å². The molecule has 2 aromatic heterocycles. The molecule has 7 heteroatoms. The molecule has 0 spiro atoms. The van der Waals surface area contributed by atoms with Gasteiger partial charge in [-0.1, -0.05) is 35.3 Å². The molecule has 1 aromatic carbocycles. The van der Waals surface area contributed by atoms with Gasteiger partial charge < -0.3 is 0 Å². The van der Waals surface area contributed by atoms with E-state index in [9.17, 15) is 4.79 Å². The summed E-state index contributed by atoms with van der Waals surface area (Å²) in [5, 5.41) is 8.17. The summed E-state index contributed by atoms with van der Waals surface area (Å²) in [6, 6.07) is 9.14. The first kappa shape index (κ1) is 16.2. The molecule has 0 aliphatic rings. The highest BCUT2D eigenvalue weighted by molar-refractivity contribution is 7.16. The van der Waals surface area contributed by atoms with E-state index in [1.54, 1.807) is 35.6 Å². The third kappa shape index (κ3) is 4.20. The number of aromatic nitrogens is 1. The van der Waals surface area contributed by atoms with Crippen LogP contribution in [0.4, 0.5) is 5.13 Å².